The molecule has 1 aromatic carbocycles. The molecule has 1 atom stereocenters. The van der Waals surface area contributed by atoms with E-state index in [0.717, 1.165) is 36.3 Å². The number of allylic oxidation sites excluding steroid dienone is 2. The fourth-order valence-corrected chi connectivity index (χ4v) is 2.76. The molecular formula is C16H21F. The highest BCUT2D eigenvalue weighted by atomic mass is 19.1. The summed E-state index contributed by atoms with van der Waals surface area (Å²) in [5, 5.41) is 0. The summed E-state index contributed by atoms with van der Waals surface area (Å²) in [5.74, 6) is 0.697. The molecule has 1 unspecified atom stereocenters. The van der Waals surface area contributed by atoms with Gasteiger partial charge in [-0.2, -0.15) is 0 Å². The van der Waals surface area contributed by atoms with E-state index in [1.54, 1.807) is 6.07 Å². The number of rotatable bonds is 2. The van der Waals surface area contributed by atoms with Crippen molar-refractivity contribution in [2.75, 3.05) is 0 Å². The molecule has 1 aliphatic carbocycles. The van der Waals surface area contributed by atoms with Crippen LogP contribution in [-0.4, -0.2) is 0 Å². The minimum absolute atomic E-state index is 0.0551. The Morgan fingerprint density at radius 3 is 2.76 bits per heavy atom. The van der Waals surface area contributed by atoms with E-state index in [1.165, 1.54) is 17.6 Å². The Morgan fingerprint density at radius 1 is 1.35 bits per heavy atom. The van der Waals surface area contributed by atoms with Crippen LogP contribution in [-0.2, 0) is 0 Å². The van der Waals surface area contributed by atoms with Gasteiger partial charge in [0.25, 0.3) is 0 Å². The molecule has 0 aromatic heterocycles. The van der Waals surface area contributed by atoms with Gasteiger partial charge in [-0.1, -0.05) is 31.6 Å². The molecule has 0 radical (unpaired) electrons. The standard InChI is InChI=1S/C16H21F/c1-4-13-9-11(2)5-7-14(13)15-8-6-12(3)10-16(15)17/h6,8,10-11H,4-5,7,9H2,1-3H3. The maximum Gasteiger partial charge on any atom is 0.130 e. The Morgan fingerprint density at radius 2 is 2.12 bits per heavy atom. The Hall–Kier alpha value is -1.11. The van der Waals surface area contributed by atoms with Crippen LogP contribution in [0.15, 0.2) is 23.8 Å². The lowest BCUT2D eigenvalue weighted by Crippen LogP contribution is -2.08. The molecule has 1 heteroatoms. The first-order chi connectivity index (χ1) is 8.11. The summed E-state index contributed by atoms with van der Waals surface area (Å²) in [4.78, 5) is 0. The van der Waals surface area contributed by atoms with Crippen LogP contribution in [0.25, 0.3) is 5.57 Å². The van der Waals surface area contributed by atoms with Crippen molar-refractivity contribution in [2.45, 2.75) is 46.5 Å². The van der Waals surface area contributed by atoms with Crippen molar-refractivity contribution in [1.82, 2.24) is 0 Å². The minimum atomic E-state index is -0.0551. The van der Waals surface area contributed by atoms with Crippen molar-refractivity contribution in [1.29, 1.82) is 0 Å². The van der Waals surface area contributed by atoms with Gasteiger partial charge in [0.15, 0.2) is 0 Å². The van der Waals surface area contributed by atoms with Crippen LogP contribution in [0.3, 0.4) is 0 Å². The van der Waals surface area contributed by atoms with Crippen LogP contribution >= 0.6 is 0 Å². The fraction of sp³-hybridized carbons (Fsp3) is 0.500. The summed E-state index contributed by atoms with van der Waals surface area (Å²) < 4.78 is 14.0. The molecule has 0 heterocycles. The maximum absolute atomic E-state index is 14.0. The third-order valence-electron chi connectivity index (χ3n) is 3.79. The predicted molar refractivity (Wildman–Crippen MR) is 71.4 cm³/mol. The van der Waals surface area contributed by atoms with Gasteiger partial charge in [0.1, 0.15) is 5.82 Å². The first kappa shape index (κ1) is 12.3. The summed E-state index contributed by atoms with van der Waals surface area (Å²) in [6.07, 6.45) is 4.41. The van der Waals surface area contributed by atoms with E-state index in [1.807, 2.05) is 19.1 Å². The summed E-state index contributed by atoms with van der Waals surface area (Å²) in [6, 6.07) is 5.61. The summed E-state index contributed by atoms with van der Waals surface area (Å²) >= 11 is 0. The van der Waals surface area contributed by atoms with Crippen molar-refractivity contribution in [3.8, 4) is 0 Å². The molecule has 17 heavy (non-hydrogen) atoms. The zero-order valence-corrected chi connectivity index (χ0v) is 11.0. The van der Waals surface area contributed by atoms with Gasteiger partial charge in [0.2, 0.25) is 0 Å². The van der Waals surface area contributed by atoms with Gasteiger partial charge in [-0.25, -0.2) is 4.39 Å². The van der Waals surface area contributed by atoms with E-state index in [2.05, 4.69) is 13.8 Å². The van der Waals surface area contributed by atoms with E-state index in [9.17, 15) is 4.39 Å². The second-order valence-corrected chi connectivity index (χ2v) is 5.27. The molecule has 1 aromatic rings. The van der Waals surface area contributed by atoms with E-state index < -0.39 is 0 Å². The lowest BCUT2D eigenvalue weighted by molar-refractivity contribution is 0.508. The average Bonchev–Trinajstić information content (AvgIpc) is 2.30. The lowest BCUT2D eigenvalue weighted by Gasteiger charge is -2.25. The minimum Gasteiger partial charge on any atom is -0.206 e. The third-order valence-corrected chi connectivity index (χ3v) is 3.79. The largest absolute Gasteiger partial charge is 0.206 e. The normalized spacial score (nSPS) is 20.8. The smallest absolute Gasteiger partial charge is 0.130 e. The van der Waals surface area contributed by atoms with Crippen LogP contribution in [0, 0.1) is 18.7 Å². The zero-order chi connectivity index (χ0) is 12.4. The molecule has 2 rings (SSSR count). The monoisotopic (exact) mass is 232 g/mol. The van der Waals surface area contributed by atoms with Crippen molar-refractivity contribution < 1.29 is 4.39 Å². The molecule has 0 aliphatic heterocycles. The molecule has 0 bridgehead atoms. The summed E-state index contributed by atoms with van der Waals surface area (Å²) in [7, 11) is 0. The van der Waals surface area contributed by atoms with Gasteiger partial charge in [-0.05, 0) is 55.7 Å². The molecule has 1 aliphatic rings. The van der Waals surface area contributed by atoms with Gasteiger partial charge < -0.3 is 0 Å². The van der Waals surface area contributed by atoms with E-state index >= 15 is 0 Å². The van der Waals surface area contributed by atoms with Gasteiger partial charge >= 0.3 is 0 Å². The fourth-order valence-electron chi connectivity index (χ4n) is 2.76. The van der Waals surface area contributed by atoms with Gasteiger partial charge in [0.05, 0.1) is 0 Å². The molecule has 92 valence electrons. The third kappa shape index (κ3) is 2.59. The first-order valence-corrected chi connectivity index (χ1v) is 6.59. The van der Waals surface area contributed by atoms with Crippen LogP contribution < -0.4 is 0 Å². The van der Waals surface area contributed by atoms with Crippen molar-refractivity contribution in [3.05, 3.63) is 40.7 Å². The van der Waals surface area contributed by atoms with Crippen LogP contribution in [0.5, 0.6) is 0 Å². The lowest BCUT2D eigenvalue weighted by atomic mass is 9.81. The van der Waals surface area contributed by atoms with E-state index in [4.69, 9.17) is 0 Å². The Balaban J connectivity index is 2.43. The number of hydrogen-bond acceptors (Lipinski definition) is 0. The first-order valence-electron chi connectivity index (χ1n) is 6.59. The molecule has 0 N–H and O–H groups in total. The molecular weight excluding hydrogens is 211 g/mol. The molecule has 0 saturated heterocycles. The van der Waals surface area contributed by atoms with Crippen LogP contribution in [0.4, 0.5) is 4.39 Å². The zero-order valence-electron chi connectivity index (χ0n) is 11.0. The highest BCUT2D eigenvalue weighted by Crippen LogP contribution is 2.37. The topological polar surface area (TPSA) is 0 Å². The average molecular weight is 232 g/mol. The second kappa shape index (κ2) is 5.03. The summed E-state index contributed by atoms with van der Waals surface area (Å²) in [5.41, 5.74) is 4.54. The SMILES string of the molecule is CCC1=C(c2ccc(C)cc2F)CCC(C)C1. The van der Waals surface area contributed by atoms with Crippen molar-refractivity contribution in [2.24, 2.45) is 5.92 Å². The van der Waals surface area contributed by atoms with Gasteiger partial charge in [-0.15, -0.1) is 0 Å². The Bertz CT molecular complexity index is 443. The highest BCUT2D eigenvalue weighted by Gasteiger charge is 2.19. The van der Waals surface area contributed by atoms with Crippen molar-refractivity contribution in [3.63, 3.8) is 0 Å². The second-order valence-electron chi connectivity index (χ2n) is 5.27. The number of halogens is 1. The molecule has 0 nitrogen and oxygen atoms in total. The van der Waals surface area contributed by atoms with E-state index in [0.29, 0.717) is 0 Å². The summed E-state index contributed by atoms with van der Waals surface area (Å²) in [6.45, 7) is 6.41. The number of aryl methyl sites for hydroxylation is 1. The van der Waals surface area contributed by atoms with Crippen LogP contribution in [0.1, 0.15) is 50.7 Å². The van der Waals surface area contributed by atoms with Crippen molar-refractivity contribution >= 4 is 5.57 Å². The maximum atomic E-state index is 14.0. The quantitative estimate of drug-likeness (QED) is 0.664. The predicted octanol–water partition coefficient (Wildman–Crippen LogP) is 5.12. The Labute approximate surface area is 104 Å². The number of benzene rings is 1. The van der Waals surface area contributed by atoms with E-state index in [-0.39, 0.29) is 5.82 Å². The number of hydrogen-bond donors (Lipinski definition) is 0. The molecule has 0 spiro atoms. The van der Waals surface area contributed by atoms with Gasteiger partial charge in [-0.3, -0.25) is 0 Å². The Kier molecular flexibility index (Phi) is 3.66. The molecule has 0 saturated carbocycles. The molecule has 0 amide bonds. The molecule has 0 fully saturated rings. The van der Waals surface area contributed by atoms with Gasteiger partial charge in [0, 0.05) is 5.56 Å². The van der Waals surface area contributed by atoms with Crippen LogP contribution in [0.2, 0.25) is 0 Å². The highest BCUT2D eigenvalue weighted by molar-refractivity contribution is 5.70.